The highest BCUT2D eigenvalue weighted by Gasteiger charge is 2.21. The fourth-order valence-electron chi connectivity index (χ4n) is 1.92. The Bertz CT molecular complexity index is 724. The second kappa shape index (κ2) is 4.51. The van der Waals surface area contributed by atoms with Crippen LogP contribution >= 0.6 is 11.3 Å². The summed E-state index contributed by atoms with van der Waals surface area (Å²) >= 11 is 1.42. The number of rotatable bonds is 2. The van der Waals surface area contributed by atoms with Gasteiger partial charge in [-0.25, -0.2) is 9.78 Å². The number of hydrogen-bond donors (Lipinski definition) is 0. The standard InChI is InChI=1S/C14H11NO3S/c1-8-15-12(14(16)17-2)13(19-8)11-7-9-5-3-4-6-10(9)18-11/h3-7H,1-2H3. The fourth-order valence-corrected chi connectivity index (χ4v) is 2.78. The number of hydrogen-bond acceptors (Lipinski definition) is 5. The number of aromatic nitrogens is 1. The van der Waals surface area contributed by atoms with Crippen molar-refractivity contribution in [3.8, 4) is 10.6 Å². The summed E-state index contributed by atoms with van der Waals surface area (Å²) in [4.78, 5) is 16.6. The van der Waals surface area contributed by atoms with E-state index in [2.05, 4.69) is 4.98 Å². The van der Waals surface area contributed by atoms with E-state index < -0.39 is 5.97 Å². The number of esters is 1. The molecule has 3 aromatic rings. The molecule has 19 heavy (non-hydrogen) atoms. The minimum absolute atomic E-state index is 0.309. The molecule has 2 heterocycles. The largest absolute Gasteiger partial charge is 0.464 e. The lowest BCUT2D eigenvalue weighted by Crippen LogP contribution is -2.03. The van der Waals surface area contributed by atoms with Crippen LogP contribution in [0.1, 0.15) is 15.5 Å². The highest BCUT2D eigenvalue weighted by molar-refractivity contribution is 7.15. The van der Waals surface area contributed by atoms with E-state index in [1.54, 1.807) is 0 Å². The third kappa shape index (κ3) is 2.02. The lowest BCUT2D eigenvalue weighted by Gasteiger charge is -1.96. The van der Waals surface area contributed by atoms with Gasteiger partial charge in [-0.05, 0) is 19.1 Å². The Morgan fingerprint density at radius 2 is 2.16 bits per heavy atom. The molecule has 2 aromatic heterocycles. The summed E-state index contributed by atoms with van der Waals surface area (Å²) in [6.07, 6.45) is 0. The quantitative estimate of drug-likeness (QED) is 0.669. The normalized spacial score (nSPS) is 10.8. The van der Waals surface area contributed by atoms with Crippen LogP contribution < -0.4 is 0 Å². The molecule has 4 nitrogen and oxygen atoms in total. The predicted molar refractivity (Wildman–Crippen MR) is 73.4 cm³/mol. The van der Waals surface area contributed by atoms with Gasteiger partial charge in [0, 0.05) is 5.39 Å². The number of aryl methyl sites for hydroxylation is 1. The number of fused-ring (bicyclic) bond motifs is 1. The van der Waals surface area contributed by atoms with Gasteiger partial charge in [0.25, 0.3) is 0 Å². The molecule has 0 amide bonds. The first-order valence-corrected chi connectivity index (χ1v) is 6.55. The lowest BCUT2D eigenvalue weighted by molar-refractivity contribution is 0.0595. The molecule has 0 radical (unpaired) electrons. The van der Waals surface area contributed by atoms with Crippen LogP contribution in [0.5, 0.6) is 0 Å². The number of carbonyl (C=O) groups excluding carboxylic acids is 1. The highest BCUT2D eigenvalue weighted by Crippen LogP contribution is 2.34. The maximum atomic E-state index is 11.7. The number of benzene rings is 1. The Kier molecular flexibility index (Phi) is 2.83. The maximum absolute atomic E-state index is 11.7. The van der Waals surface area contributed by atoms with Crippen molar-refractivity contribution in [3.63, 3.8) is 0 Å². The fraction of sp³-hybridized carbons (Fsp3) is 0.143. The second-order valence-corrected chi connectivity index (χ2v) is 5.25. The third-order valence-electron chi connectivity index (χ3n) is 2.76. The molecule has 0 saturated carbocycles. The molecule has 0 fully saturated rings. The number of nitrogens with zero attached hydrogens (tertiary/aromatic N) is 1. The van der Waals surface area contributed by atoms with Crippen LogP contribution in [0.15, 0.2) is 34.7 Å². The number of carbonyl (C=O) groups is 1. The van der Waals surface area contributed by atoms with Crippen LogP contribution in [-0.2, 0) is 4.74 Å². The number of methoxy groups -OCH3 is 1. The summed E-state index contributed by atoms with van der Waals surface area (Å²) in [5, 5.41) is 1.80. The molecule has 0 atom stereocenters. The molecule has 1 aromatic carbocycles. The topological polar surface area (TPSA) is 52.3 Å². The van der Waals surface area contributed by atoms with Crippen LogP contribution in [0.25, 0.3) is 21.6 Å². The first-order chi connectivity index (χ1) is 9.19. The van der Waals surface area contributed by atoms with Gasteiger partial charge >= 0.3 is 5.97 Å². The average molecular weight is 273 g/mol. The zero-order chi connectivity index (χ0) is 13.4. The van der Waals surface area contributed by atoms with Gasteiger partial charge < -0.3 is 9.15 Å². The van der Waals surface area contributed by atoms with Gasteiger partial charge in [-0.15, -0.1) is 11.3 Å². The van der Waals surface area contributed by atoms with Crippen molar-refractivity contribution in [1.82, 2.24) is 4.98 Å². The molecule has 0 aliphatic heterocycles. The van der Waals surface area contributed by atoms with Crippen molar-refractivity contribution < 1.29 is 13.9 Å². The SMILES string of the molecule is COC(=O)c1nc(C)sc1-c1cc2ccccc2o1. The molecule has 0 unspecified atom stereocenters. The van der Waals surface area contributed by atoms with Crippen LogP contribution in [0, 0.1) is 6.92 Å². The van der Waals surface area contributed by atoms with Crippen molar-refractivity contribution in [1.29, 1.82) is 0 Å². The molecular weight excluding hydrogens is 262 g/mol. The van der Waals surface area contributed by atoms with E-state index in [1.807, 2.05) is 37.3 Å². The molecule has 0 bridgehead atoms. The van der Waals surface area contributed by atoms with Crippen molar-refractivity contribution in [3.05, 3.63) is 41.0 Å². The summed E-state index contributed by atoms with van der Waals surface area (Å²) in [5.74, 6) is 0.201. The summed E-state index contributed by atoms with van der Waals surface area (Å²) in [5.41, 5.74) is 1.10. The van der Waals surface area contributed by atoms with Crippen LogP contribution in [0.2, 0.25) is 0 Å². The van der Waals surface area contributed by atoms with Gasteiger partial charge in [0.05, 0.1) is 12.1 Å². The molecule has 0 aliphatic carbocycles. The second-order valence-electron chi connectivity index (χ2n) is 4.05. The molecule has 5 heteroatoms. The molecule has 3 rings (SSSR count). The van der Waals surface area contributed by atoms with E-state index >= 15 is 0 Å². The zero-order valence-corrected chi connectivity index (χ0v) is 11.3. The highest BCUT2D eigenvalue weighted by atomic mass is 32.1. The van der Waals surface area contributed by atoms with E-state index in [-0.39, 0.29) is 0 Å². The lowest BCUT2D eigenvalue weighted by atomic mass is 10.2. The minimum atomic E-state index is -0.445. The van der Waals surface area contributed by atoms with E-state index in [4.69, 9.17) is 9.15 Å². The molecule has 0 N–H and O–H groups in total. The Balaban J connectivity index is 2.18. The van der Waals surface area contributed by atoms with Gasteiger partial charge in [0.2, 0.25) is 0 Å². The van der Waals surface area contributed by atoms with Crippen LogP contribution in [0.4, 0.5) is 0 Å². The average Bonchev–Trinajstić information content (AvgIpc) is 3.00. The van der Waals surface area contributed by atoms with Gasteiger partial charge in [-0.3, -0.25) is 0 Å². The molecule has 0 saturated heterocycles. The number of para-hydroxylation sites is 1. The van der Waals surface area contributed by atoms with Crippen LogP contribution in [0.3, 0.4) is 0 Å². The Hall–Kier alpha value is -2.14. The van der Waals surface area contributed by atoms with E-state index in [0.717, 1.165) is 16.0 Å². The van der Waals surface area contributed by atoms with Gasteiger partial charge in [-0.1, -0.05) is 18.2 Å². The van der Waals surface area contributed by atoms with Crippen LogP contribution in [-0.4, -0.2) is 18.1 Å². The van der Waals surface area contributed by atoms with Gasteiger partial charge in [0.1, 0.15) is 16.2 Å². The minimum Gasteiger partial charge on any atom is -0.464 e. The summed E-state index contributed by atoms with van der Waals surface area (Å²) in [7, 11) is 1.35. The third-order valence-corrected chi connectivity index (χ3v) is 3.75. The van der Waals surface area contributed by atoms with E-state index in [9.17, 15) is 4.79 Å². The molecule has 0 aliphatic rings. The predicted octanol–water partition coefficient (Wildman–Crippen LogP) is 3.65. The molecule has 0 spiro atoms. The van der Waals surface area contributed by atoms with Crippen molar-refractivity contribution >= 4 is 28.3 Å². The first kappa shape index (κ1) is 11.9. The first-order valence-electron chi connectivity index (χ1n) is 5.73. The summed E-state index contributed by atoms with van der Waals surface area (Å²) in [6.45, 7) is 1.85. The number of ether oxygens (including phenoxy) is 1. The Labute approximate surface area is 113 Å². The summed E-state index contributed by atoms with van der Waals surface area (Å²) in [6, 6.07) is 9.63. The number of thiazole rings is 1. The van der Waals surface area contributed by atoms with Gasteiger partial charge in [-0.2, -0.15) is 0 Å². The van der Waals surface area contributed by atoms with Crippen molar-refractivity contribution in [2.45, 2.75) is 6.92 Å². The van der Waals surface area contributed by atoms with E-state index in [0.29, 0.717) is 16.3 Å². The molecular formula is C14H11NO3S. The smallest absolute Gasteiger partial charge is 0.358 e. The Morgan fingerprint density at radius 1 is 1.37 bits per heavy atom. The van der Waals surface area contributed by atoms with Gasteiger partial charge in [0.15, 0.2) is 5.69 Å². The number of furan rings is 1. The summed E-state index contributed by atoms with van der Waals surface area (Å²) < 4.78 is 10.5. The molecule has 96 valence electrons. The van der Waals surface area contributed by atoms with Crippen molar-refractivity contribution in [2.75, 3.05) is 7.11 Å². The monoisotopic (exact) mass is 273 g/mol. The van der Waals surface area contributed by atoms with E-state index in [1.165, 1.54) is 18.4 Å². The Morgan fingerprint density at radius 3 is 2.89 bits per heavy atom. The zero-order valence-electron chi connectivity index (χ0n) is 10.5. The van der Waals surface area contributed by atoms with Crippen molar-refractivity contribution in [2.24, 2.45) is 0 Å². The maximum Gasteiger partial charge on any atom is 0.358 e.